The number of carbonyl (C=O) groups excluding carboxylic acids is 1. The predicted molar refractivity (Wildman–Crippen MR) is 106 cm³/mol. The third kappa shape index (κ3) is 4.00. The molecule has 27 heavy (non-hydrogen) atoms. The number of aromatic nitrogens is 2. The fourth-order valence-corrected chi connectivity index (χ4v) is 3.07. The maximum atomic E-state index is 12.4. The summed E-state index contributed by atoms with van der Waals surface area (Å²) in [6, 6.07) is 15.3. The van der Waals surface area contributed by atoms with Crippen LogP contribution in [0.5, 0.6) is 0 Å². The Morgan fingerprint density at radius 2 is 1.56 bits per heavy atom. The number of hydrogen-bond donors (Lipinski definition) is 1. The van der Waals surface area contributed by atoms with E-state index in [1.165, 1.54) is 14.7 Å². The minimum atomic E-state index is -0.612. The van der Waals surface area contributed by atoms with Gasteiger partial charge in [0, 0.05) is 26.6 Å². The van der Waals surface area contributed by atoms with Gasteiger partial charge in [0.2, 0.25) is 5.91 Å². The Labute approximate surface area is 157 Å². The molecule has 3 aromatic rings. The van der Waals surface area contributed by atoms with Crippen LogP contribution in [0, 0.1) is 0 Å². The van der Waals surface area contributed by atoms with Crippen LogP contribution in [0.15, 0.2) is 58.1 Å². The number of nitrogens with zero attached hydrogens (tertiary/aromatic N) is 2. The molecule has 0 saturated carbocycles. The average Bonchev–Trinajstić information content (AvgIpc) is 2.71. The standard InChI is InChI=1S/C21H23N3O3/c1-3-15-8-10-16(11-9-15)14-22-19(25)12-13-24-18-7-5-4-6-17(18)23(2)20(26)21(24)27/h4-11H,3,12-14H2,1-2H3,(H,22,25). The number of fused-ring (bicyclic) bond motifs is 1. The van der Waals surface area contributed by atoms with E-state index >= 15 is 0 Å². The van der Waals surface area contributed by atoms with Crippen molar-refractivity contribution in [2.75, 3.05) is 0 Å². The fraction of sp³-hybridized carbons (Fsp3) is 0.286. The smallest absolute Gasteiger partial charge is 0.316 e. The fourth-order valence-electron chi connectivity index (χ4n) is 3.07. The molecular formula is C21H23N3O3. The molecule has 6 heteroatoms. The number of benzene rings is 2. The third-order valence-electron chi connectivity index (χ3n) is 4.75. The van der Waals surface area contributed by atoms with Gasteiger partial charge in [-0.25, -0.2) is 0 Å². The van der Waals surface area contributed by atoms with E-state index in [1.54, 1.807) is 19.2 Å². The van der Waals surface area contributed by atoms with E-state index in [4.69, 9.17) is 0 Å². The second-order valence-corrected chi connectivity index (χ2v) is 6.51. The number of hydrogen-bond acceptors (Lipinski definition) is 3. The largest absolute Gasteiger partial charge is 0.352 e. The van der Waals surface area contributed by atoms with Crippen molar-refractivity contribution in [3.63, 3.8) is 0 Å². The molecule has 0 fully saturated rings. The Morgan fingerprint density at radius 3 is 2.22 bits per heavy atom. The Hall–Kier alpha value is -3.15. The van der Waals surface area contributed by atoms with Crippen molar-refractivity contribution in [2.45, 2.75) is 32.9 Å². The van der Waals surface area contributed by atoms with Crippen molar-refractivity contribution in [1.82, 2.24) is 14.5 Å². The van der Waals surface area contributed by atoms with Crippen LogP contribution in [0.3, 0.4) is 0 Å². The van der Waals surface area contributed by atoms with Crippen LogP contribution in [0.25, 0.3) is 11.0 Å². The zero-order chi connectivity index (χ0) is 19.4. The number of aryl methyl sites for hydroxylation is 3. The first-order chi connectivity index (χ1) is 13.0. The Morgan fingerprint density at radius 1 is 0.926 bits per heavy atom. The van der Waals surface area contributed by atoms with E-state index in [1.807, 2.05) is 36.4 Å². The molecule has 1 amide bonds. The summed E-state index contributed by atoms with van der Waals surface area (Å²) in [7, 11) is 1.58. The molecule has 3 rings (SSSR count). The minimum absolute atomic E-state index is 0.129. The molecule has 140 valence electrons. The third-order valence-corrected chi connectivity index (χ3v) is 4.75. The van der Waals surface area contributed by atoms with Crippen molar-refractivity contribution >= 4 is 16.9 Å². The lowest BCUT2D eigenvalue weighted by molar-refractivity contribution is -0.121. The zero-order valence-electron chi connectivity index (χ0n) is 15.6. The first kappa shape index (κ1) is 18.6. The second-order valence-electron chi connectivity index (χ2n) is 6.51. The molecule has 0 atom stereocenters. The van der Waals surface area contributed by atoms with E-state index < -0.39 is 11.1 Å². The van der Waals surface area contributed by atoms with Gasteiger partial charge < -0.3 is 14.5 Å². The molecule has 2 aromatic carbocycles. The summed E-state index contributed by atoms with van der Waals surface area (Å²) in [5.41, 5.74) is 2.38. The van der Waals surface area contributed by atoms with Gasteiger partial charge in [0.1, 0.15) is 0 Å². The molecule has 0 bridgehead atoms. The van der Waals surface area contributed by atoms with Crippen LogP contribution in [0.4, 0.5) is 0 Å². The topological polar surface area (TPSA) is 73.1 Å². The number of amides is 1. The molecule has 0 radical (unpaired) electrons. The van der Waals surface area contributed by atoms with Crippen LogP contribution in [0.2, 0.25) is 0 Å². The molecule has 0 saturated heterocycles. The predicted octanol–water partition coefficient (Wildman–Crippen LogP) is 1.97. The minimum Gasteiger partial charge on any atom is -0.352 e. The lowest BCUT2D eigenvalue weighted by atomic mass is 10.1. The first-order valence-corrected chi connectivity index (χ1v) is 9.04. The molecule has 0 unspecified atom stereocenters. The van der Waals surface area contributed by atoms with Gasteiger partial charge in [-0.3, -0.25) is 14.4 Å². The summed E-state index contributed by atoms with van der Waals surface area (Å²) >= 11 is 0. The molecular weight excluding hydrogens is 342 g/mol. The van der Waals surface area contributed by atoms with Crippen LogP contribution in [0.1, 0.15) is 24.5 Å². The number of nitrogens with one attached hydrogen (secondary N) is 1. The lowest BCUT2D eigenvalue weighted by Gasteiger charge is -2.12. The van der Waals surface area contributed by atoms with Gasteiger partial charge in [0.15, 0.2) is 0 Å². The van der Waals surface area contributed by atoms with Crippen molar-refractivity contribution in [3.05, 3.63) is 80.4 Å². The normalized spacial score (nSPS) is 10.9. The SMILES string of the molecule is CCc1ccc(CNC(=O)CCn2c(=O)c(=O)n(C)c3ccccc32)cc1. The molecule has 0 aliphatic carbocycles. The molecule has 6 nitrogen and oxygen atoms in total. The van der Waals surface area contributed by atoms with Crippen molar-refractivity contribution in [3.8, 4) is 0 Å². The van der Waals surface area contributed by atoms with E-state index in [0.29, 0.717) is 17.6 Å². The summed E-state index contributed by atoms with van der Waals surface area (Å²) < 4.78 is 2.72. The number of rotatable bonds is 6. The van der Waals surface area contributed by atoms with Gasteiger partial charge in [-0.15, -0.1) is 0 Å². The van der Waals surface area contributed by atoms with E-state index in [0.717, 1.165) is 12.0 Å². The van der Waals surface area contributed by atoms with Gasteiger partial charge >= 0.3 is 11.1 Å². The maximum absolute atomic E-state index is 12.4. The number of para-hydroxylation sites is 2. The molecule has 0 aliphatic heterocycles. The highest BCUT2D eigenvalue weighted by Gasteiger charge is 2.11. The maximum Gasteiger partial charge on any atom is 0.316 e. The Bertz CT molecular complexity index is 1080. The monoisotopic (exact) mass is 365 g/mol. The van der Waals surface area contributed by atoms with E-state index in [2.05, 4.69) is 12.2 Å². The van der Waals surface area contributed by atoms with Crippen LogP contribution >= 0.6 is 0 Å². The van der Waals surface area contributed by atoms with Crippen molar-refractivity contribution in [2.24, 2.45) is 7.05 Å². The van der Waals surface area contributed by atoms with Gasteiger partial charge in [-0.2, -0.15) is 0 Å². The second kappa shape index (κ2) is 8.03. The van der Waals surface area contributed by atoms with Crippen LogP contribution in [-0.4, -0.2) is 15.0 Å². The summed E-state index contributed by atoms with van der Waals surface area (Å²) in [6.45, 7) is 2.70. The lowest BCUT2D eigenvalue weighted by Crippen LogP contribution is -2.41. The summed E-state index contributed by atoms with van der Waals surface area (Å²) in [5.74, 6) is -0.161. The van der Waals surface area contributed by atoms with Crippen LogP contribution in [-0.2, 0) is 31.4 Å². The van der Waals surface area contributed by atoms with Gasteiger partial charge in [0.05, 0.1) is 11.0 Å². The highest BCUT2D eigenvalue weighted by atomic mass is 16.2. The molecule has 1 N–H and O–H groups in total. The Kier molecular flexibility index (Phi) is 5.54. The molecule has 1 heterocycles. The van der Waals surface area contributed by atoms with Crippen molar-refractivity contribution in [1.29, 1.82) is 0 Å². The van der Waals surface area contributed by atoms with Crippen LogP contribution < -0.4 is 16.4 Å². The van der Waals surface area contributed by atoms with Gasteiger partial charge in [-0.1, -0.05) is 43.3 Å². The summed E-state index contributed by atoms with van der Waals surface area (Å²) in [6.07, 6.45) is 1.11. The highest BCUT2D eigenvalue weighted by Crippen LogP contribution is 2.10. The number of carbonyl (C=O) groups is 1. The molecule has 0 aliphatic rings. The van der Waals surface area contributed by atoms with Gasteiger partial charge in [-0.05, 0) is 29.7 Å². The molecule has 1 aromatic heterocycles. The first-order valence-electron chi connectivity index (χ1n) is 9.04. The van der Waals surface area contributed by atoms with Gasteiger partial charge in [0.25, 0.3) is 0 Å². The summed E-state index contributed by atoms with van der Waals surface area (Å²) in [4.78, 5) is 36.7. The highest BCUT2D eigenvalue weighted by molar-refractivity contribution is 5.77. The Balaban J connectivity index is 1.70. The van der Waals surface area contributed by atoms with E-state index in [-0.39, 0.29) is 18.9 Å². The van der Waals surface area contributed by atoms with E-state index in [9.17, 15) is 14.4 Å². The quantitative estimate of drug-likeness (QED) is 0.679. The molecule has 0 spiro atoms. The summed E-state index contributed by atoms with van der Waals surface area (Å²) in [5, 5.41) is 2.86. The zero-order valence-corrected chi connectivity index (χ0v) is 15.6. The van der Waals surface area contributed by atoms with Crippen molar-refractivity contribution < 1.29 is 4.79 Å². The average molecular weight is 365 g/mol.